The molecule has 0 unspecified atom stereocenters. The zero-order valence-corrected chi connectivity index (χ0v) is 5.51. The van der Waals surface area contributed by atoms with Crippen molar-refractivity contribution < 1.29 is 13.5 Å². The fraction of sp³-hybridized carbons (Fsp3) is 0.250. The van der Waals surface area contributed by atoms with E-state index >= 15 is 0 Å². The van der Waals surface area contributed by atoms with Crippen molar-refractivity contribution in [2.45, 2.75) is 6.92 Å². The molecular formula is C4H5NO3S. The van der Waals surface area contributed by atoms with Crippen LogP contribution in [0.5, 0.6) is 0 Å². The van der Waals surface area contributed by atoms with E-state index in [1.165, 1.54) is 6.92 Å². The van der Waals surface area contributed by atoms with Crippen molar-refractivity contribution in [1.82, 2.24) is 0 Å². The highest BCUT2D eigenvalue weighted by Crippen LogP contribution is 2.10. The number of aliphatic hydroxyl groups is 1. The maximum Gasteiger partial charge on any atom is 0.223 e. The van der Waals surface area contributed by atoms with E-state index in [2.05, 4.69) is 4.99 Å². The molecule has 1 aliphatic heterocycles. The fourth-order valence-corrected chi connectivity index (χ4v) is 1.20. The van der Waals surface area contributed by atoms with E-state index in [9.17, 15) is 8.42 Å². The number of aliphatic imine (C=N–C) groups is 1. The second-order valence-corrected chi connectivity index (χ2v) is 3.57. The Labute approximate surface area is 52.5 Å². The van der Waals surface area contributed by atoms with E-state index in [4.69, 9.17) is 5.11 Å². The van der Waals surface area contributed by atoms with E-state index < -0.39 is 15.7 Å². The maximum absolute atomic E-state index is 10.6. The van der Waals surface area contributed by atoms with Crippen molar-refractivity contribution in [3.8, 4) is 0 Å². The normalized spacial score (nSPS) is 23.2. The highest BCUT2D eigenvalue weighted by molar-refractivity contribution is 8.09. The largest absolute Gasteiger partial charge is 0.493 e. The Bertz CT molecular complexity index is 285. The summed E-state index contributed by atoms with van der Waals surface area (Å²) in [5.74, 6) is -0.437. The summed E-state index contributed by atoms with van der Waals surface area (Å²) in [6.45, 7) is 1.33. The quantitative estimate of drug-likeness (QED) is 0.531. The van der Waals surface area contributed by atoms with Crippen LogP contribution in [0.2, 0.25) is 0 Å². The summed E-state index contributed by atoms with van der Waals surface area (Å²) in [6.07, 6.45) is 0. The third-order valence-corrected chi connectivity index (χ3v) is 2.38. The predicted octanol–water partition coefficient (Wildman–Crippen LogP) is 0.190. The summed E-state index contributed by atoms with van der Waals surface area (Å²) < 4.78 is 21.2. The number of nitrogens with zero attached hydrogens (tertiary/aromatic N) is 1. The van der Waals surface area contributed by atoms with Crippen LogP contribution in [0.15, 0.2) is 16.3 Å². The topological polar surface area (TPSA) is 66.7 Å². The first-order valence-electron chi connectivity index (χ1n) is 2.23. The number of hydrogen-bond acceptors (Lipinski definition) is 4. The van der Waals surface area contributed by atoms with Gasteiger partial charge in [-0.15, -0.1) is 0 Å². The summed E-state index contributed by atoms with van der Waals surface area (Å²) in [6, 6.07) is 0. The zero-order valence-electron chi connectivity index (χ0n) is 4.70. The summed E-state index contributed by atoms with van der Waals surface area (Å²) in [7, 11) is -3.34. The van der Waals surface area contributed by atoms with Crippen LogP contribution in [0.1, 0.15) is 6.92 Å². The molecule has 1 aliphatic rings. The minimum absolute atomic E-state index is 0.0556. The van der Waals surface area contributed by atoms with Gasteiger partial charge in [-0.3, -0.25) is 0 Å². The third kappa shape index (κ3) is 0.951. The average molecular weight is 147 g/mol. The van der Waals surface area contributed by atoms with Gasteiger partial charge in [-0.1, -0.05) is 0 Å². The average Bonchev–Trinajstić information content (AvgIpc) is 1.79. The summed E-state index contributed by atoms with van der Waals surface area (Å²) in [5, 5.41) is 9.20. The lowest BCUT2D eigenvalue weighted by Gasteiger charge is -1.83. The molecule has 1 heterocycles. The smallest absolute Gasteiger partial charge is 0.223 e. The molecule has 0 bridgehead atoms. The third-order valence-electron chi connectivity index (χ3n) is 0.944. The maximum atomic E-state index is 10.6. The van der Waals surface area contributed by atoms with Crippen LogP contribution in [-0.2, 0) is 9.84 Å². The molecule has 0 aliphatic carbocycles. The molecule has 0 spiro atoms. The van der Waals surface area contributed by atoms with Gasteiger partial charge >= 0.3 is 0 Å². The summed E-state index contributed by atoms with van der Waals surface area (Å²) >= 11 is 0. The monoisotopic (exact) mass is 147 g/mol. The molecule has 0 radical (unpaired) electrons. The lowest BCUT2D eigenvalue weighted by atomic mass is 10.8. The minimum Gasteiger partial charge on any atom is -0.493 e. The molecule has 1 N–H and O–H groups in total. The number of rotatable bonds is 0. The molecule has 0 atom stereocenters. The van der Waals surface area contributed by atoms with Crippen LogP contribution >= 0.6 is 0 Å². The van der Waals surface area contributed by atoms with Crippen LogP contribution < -0.4 is 0 Å². The molecule has 4 nitrogen and oxygen atoms in total. The van der Waals surface area contributed by atoms with Gasteiger partial charge in [0.15, 0.2) is 0 Å². The van der Waals surface area contributed by atoms with E-state index in [-0.39, 0.29) is 5.04 Å². The first-order chi connectivity index (χ1) is 4.02. The lowest BCUT2D eigenvalue weighted by Crippen LogP contribution is -2.01. The van der Waals surface area contributed by atoms with Gasteiger partial charge in [-0.05, 0) is 6.92 Å². The van der Waals surface area contributed by atoms with Crippen molar-refractivity contribution in [2.24, 2.45) is 4.99 Å². The Morgan fingerprint density at radius 2 is 2.22 bits per heavy atom. The highest BCUT2D eigenvalue weighted by Gasteiger charge is 2.19. The Balaban J connectivity index is 3.28. The van der Waals surface area contributed by atoms with E-state index in [1.807, 2.05) is 0 Å². The van der Waals surface area contributed by atoms with Crippen LogP contribution in [0.4, 0.5) is 0 Å². The molecule has 0 saturated heterocycles. The molecule has 50 valence electrons. The number of hydrogen-bond donors (Lipinski definition) is 1. The van der Waals surface area contributed by atoms with E-state index in [1.54, 1.807) is 0 Å². The molecule has 0 amide bonds. The van der Waals surface area contributed by atoms with Crippen LogP contribution in [0.3, 0.4) is 0 Å². The minimum atomic E-state index is -3.34. The highest BCUT2D eigenvalue weighted by atomic mass is 32.2. The molecule has 0 fully saturated rings. The Morgan fingerprint density at radius 1 is 1.67 bits per heavy atom. The van der Waals surface area contributed by atoms with Crippen molar-refractivity contribution in [2.75, 3.05) is 0 Å². The van der Waals surface area contributed by atoms with Crippen LogP contribution in [0, 0.1) is 0 Å². The van der Waals surface area contributed by atoms with Gasteiger partial charge in [-0.25, -0.2) is 13.4 Å². The molecule has 0 aromatic heterocycles. The van der Waals surface area contributed by atoms with Crippen LogP contribution in [-0.4, -0.2) is 18.6 Å². The van der Waals surface area contributed by atoms with Gasteiger partial charge in [0.1, 0.15) is 5.04 Å². The van der Waals surface area contributed by atoms with Crippen molar-refractivity contribution >= 4 is 14.9 Å². The molecule has 9 heavy (non-hydrogen) atoms. The Morgan fingerprint density at radius 3 is 2.33 bits per heavy atom. The van der Waals surface area contributed by atoms with Crippen LogP contribution in [0.25, 0.3) is 0 Å². The Hall–Kier alpha value is -0.840. The first-order valence-corrected chi connectivity index (χ1v) is 3.78. The Kier molecular flexibility index (Phi) is 1.10. The molecule has 0 aromatic carbocycles. The second-order valence-electron chi connectivity index (χ2n) is 1.65. The van der Waals surface area contributed by atoms with E-state index in [0.29, 0.717) is 0 Å². The second kappa shape index (κ2) is 1.57. The van der Waals surface area contributed by atoms with Gasteiger partial charge in [0.2, 0.25) is 15.7 Å². The van der Waals surface area contributed by atoms with E-state index in [0.717, 1.165) is 5.41 Å². The van der Waals surface area contributed by atoms with Gasteiger partial charge in [-0.2, -0.15) is 0 Å². The fourth-order valence-electron chi connectivity index (χ4n) is 0.475. The standard InChI is InChI=1S/C4H5NO3S/c1-3-5-4(6)2-9(3,7)8/h2,6H,1H3. The molecule has 0 saturated carbocycles. The first kappa shape index (κ1) is 6.28. The van der Waals surface area contributed by atoms with Gasteiger partial charge < -0.3 is 5.11 Å². The van der Waals surface area contributed by atoms with Gasteiger partial charge in [0.25, 0.3) is 0 Å². The summed E-state index contributed by atoms with van der Waals surface area (Å²) in [5.41, 5.74) is 0. The molecular weight excluding hydrogens is 142 g/mol. The zero-order chi connectivity index (χ0) is 7.07. The van der Waals surface area contributed by atoms with Crippen molar-refractivity contribution in [3.05, 3.63) is 11.3 Å². The predicted molar refractivity (Wildman–Crippen MR) is 32.7 cm³/mol. The molecule has 5 heteroatoms. The lowest BCUT2D eigenvalue weighted by molar-refractivity contribution is 0.410. The van der Waals surface area contributed by atoms with Crippen molar-refractivity contribution in [1.29, 1.82) is 0 Å². The van der Waals surface area contributed by atoms with Crippen molar-refractivity contribution in [3.63, 3.8) is 0 Å². The molecule has 0 aromatic rings. The van der Waals surface area contributed by atoms with Gasteiger partial charge in [0, 0.05) is 0 Å². The number of sulfone groups is 1. The number of aliphatic hydroxyl groups excluding tert-OH is 1. The molecule has 1 rings (SSSR count). The SMILES string of the molecule is CC1=NC(O)=CS1(=O)=O. The van der Waals surface area contributed by atoms with Gasteiger partial charge in [0.05, 0.1) is 5.41 Å². The summed E-state index contributed by atoms with van der Waals surface area (Å²) in [4.78, 5) is 3.29.